The Hall–Kier alpha value is -1.91. The monoisotopic (exact) mass is 206 g/mol. The topological polar surface area (TPSA) is 59.6 Å². The first-order valence-corrected chi connectivity index (χ1v) is 4.77. The van der Waals surface area contributed by atoms with Crippen molar-refractivity contribution in [2.45, 2.75) is 6.04 Å². The fourth-order valence-corrected chi connectivity index (χ4v) is 1.79. The van der Waals surface area contributed by atoms with Crippen molar-refractivity contribution in [3.63, 3.8) is 0 Å². The van der Waals surface area contributed by atoms with Crippen LogP contribution in [0.15, 0.2) is 18.2 Å². The van der Waals surface area contributed by atoms with Crippen molar-refractivity contribution in [3.8, 4) is 11.5 Å². The van der Waals surface area contributed by atoms with Gasteiger partial charge < -0.3 is 20.1 Å². The van der Waals surface area contributed by atoms with E-state index < -0.39 is 0 Å². The molecule has 2 N–H and O–H groups in total. The number of hydrogen-bond donors (Lipinski definition) is 2. The first-order valence-electron chi connectivity index (χ1n) is 4.77. The Balaban J connectivity index is 1.89. The van der Waals surface area contributed by atoms with Crippen molar-refractivity contribution in [1.82, 2.24) is 10.6 Å². The highest BCUT2D eigenvalue weighted by molar-refractivity contribution is 5.77. The lowest BCUT2D eigenvalue weighted by Crippen LogP contribution is -2.21. The van der Waals surface area contributed by atoms with E-state index in [1.54, 1.807) is 0 Å². The zero-order chi connectivity index (χ0) is 10.3. The van der Waals surface area contributed by atoms with Crippen LogP contribution < -0.4 is 20.1 Å². The van der Waals surface area contributed by atoms with Crippen LogP contribution in [0, 0.1) is 0 Å². The summed E-state index contributed by atoms with van der Waals surface area (Å²) in [6.07, 6.45) is 0. The van der Waals surface area contributed by atoms with E-state index >= 15 is 0 Å². The lowest BCUT2D eigenvalue weighted by molar-refractivity contribution is 0.174. The molecule has 15 heavy (non-hydrogen) atoms. The van der Waals surface area contributed by atoms with Crippen molar-refractivity contribution in [2.75, 3.05) is 13.3 Å². The Morgan fingerprint density at radius 2 is 2.13 bits per heavy atom. The molecule has 2 aliphatic heterocycles. The van der Waals surface area contributed by atoms with Crippen molar-refractivity contribution >= 4 is 6.03 Å². The molecule has 0 aromatic heterocycles. The molecule has 1 saturated heterocycles. The molecule has 3 rings (SSSR count). The largest absolute Gasteiger partial charge is 0.454 e. The van der Waals surface area contributed by atoms with Gasteiger partial charge in [-0.3, -0.25) is 0 Å². The van der Waals surface area contributed by atoms with Gasteiger partial charge in [0, 0.05) is 6.54 Å². The second kappa shape index (κ2) is 3.05. The summed E-state index contributed by atoms with van der Waals surface area (Å²) < 4.78 is 10.5. The number of carbonyl (C=O) groups is 1. The molecule has 5 heteroatoms. The zero-order valence-corrected chi connectivity index (χ0v) is 7.95. The van der Waals surface area contributed by atoms with Crippen LogP contribution in [-0.2, 0) is 0 Å². The third-order valence-electron chi connectivity index (χ3n) is 2.57. The van der Waals surface area contributed by atoms with Gasteiger partial charge in [-0.25, -0.2) is 4.79 Å². The van der Waals surface area contributed by atoms with E-state index in [1.165, 1.54) is 0 Å². The molecular formula is C10H10N2O3. The minimum Gasteiger partial charge on any atom is -0.454 e. The highest BCUT2D eigenvalue weighted by atomic mass is 16.7. The Morgan fingerprint density at radius 3 is 2.93 bits per heavy atom. The third kappa shape index (κ3) is 1.36. The van der Waals surface area contributed by atoms with Crippen LogP contribution in [-0.4, -0.2) is 19.4 Å². The average molecular weight is 206 g/mol. The standard InChI is InChI=1S/C10H10N2O3/c13-10-11-4-7(12-10)6-1-2-8-9(3-6)15-5-14-8/h1-3,7H,4-5H2,(H2,11,12,13). The van der Waals surface area contributed by atoms with Gasteiger partial charge in [0.05, 0.1) is 6.04 Å². The first kappa shape index (κ1) is 8.40. The summed E-state index contributed by atoms with van der Waals surface area (Å²) in [4.78, 5) is 11.0. The van der Waals surface area contributed by atoms with Gasteiger partial charge in [-0.15, -0.1) is 0 Å². The van der Waals surface area contributed by atoms with Crippen molar-refractivity contribution in [3.05, 3.63) is 23.8 Å². The maximum absolute atomic E-state index is 11.0. The third-order valence-corrected chi connectivity index (χ3v) is 2.57. The maximum Gasteiger partial charge on any atom is 0.315 e. The normalized spacial score (nSPS) is 22.4. The van der Waals surface area contributed by atoms with Gasteiger partial charge in [0.15, 0.2) is 11.5 Å². The number of ether oxygens (including phenoxy) is 2. The van der Waals surface area contributed by atoms with Crippen LogP contribution in [0.25, 0.3) is 0 Å². The number of nitrogens with one attached hydrogen (secondary N) is 2. The van der Waals surface area contributed by atoms with Gasteiger partial charge in [-0.1, -0.05) is 6.07 Å². The molecule has 0 bridgehead atoms. The number of carbonyl (C=O) groups excluding carboxylic acids is 1. The molecule has 78 valence electrons. The SMILES string of the molecule is O=C1NCC(c2ccc3c(c2)OCO3)N1. The molecule has 0 radical (unpaired) electrons. The van der Waals surface area contributed by atoms with Crippen molar-refractivity contribution in [2.24, 2.45) is 0 Å². The van der Waals surface area contributed by atoms with Gasteiger partial charge in [0.1, 0.15) is 0 Å². The van der Waals surface area contributed by atoms with E-state index in [1.807, 2.05) is 18.2 Å². The molecular weight excluding hydrogens is 196 g/mol. The summed E-state index contributed by atoms with van der Waals surface area (Å²) in [6, 6.07) is 5.60. The maximum atomic E-state index is 11.0. The Labute approximate surface area is 86.4 Å². The lowest BCUT2D eigenvalue weighted by Gasteiger charge is -2.09. The van der Waals surface area contributed by atoms with Crippen LogP contribution in [0.2, 0.25) is 0 Å². The Bertz CT molecular complexity index is 419. The number of urea groups is 1. The molecule has 0 aliphatic carbocycles. The van der Waals surface area contributed by atoms with Gasteiger partial charge in [0.2, 0.25) is 6.79 Å². The number of fused-ring (bicyclic) bond motifs is 1. The predicted octanol–water partition coefficient (Wildman–Crippen LogP) is 0.769. The molecule has 2 amide bonds. The fraction of sp³-hybridized carbons (Fsp3) is 0.300. The second-order valence-corrected chi connectivity index (χ2v) is 3.52. The van der Waals surface area contributed by atoms with Gasteiger partial charge >= 0.3 is 6.03 Å². The number of amides is 2. The quantitative estimate of drug-likeness (QED) is 0.713. The van der Waals surface area contributed by atoms with Gasteiger partial charge in [0.25, 0.3) is 0 Å². The minimum atomic E-state index is -0.127. The van der Waals surface area contributed by atoms with Crippen LogP contribution in [0.1, 0.15) is 11.6 Å². The van der Waals surface area contributed by atoms with Crippen LogP contribution in [0.4, 0.5) is 4.79 Å². The van der Waals surface area contributed by atoms with E-state index in [-0.39, 0.29) is 18.9 Å². The van der Waals surface area contributed by atoms with E-state index in [0.717, 1.165) is 17.1 Å². The summed E-state index contributed by atoms with van der Waals surface area (Å²) in [7, 11) is 0. The average Bonchev–Trinajstić information content (AvgIpc) is 2.84. The summed E-state index contributed by atoms with van der Waals surface area (Å²) >= 11 is 0. The van der Waals surface area contributed by atoms with E-state index in [9.17, 15) is 4.79 Å². The van der Waals surface area contributed by atoms with Crippen molar-refractivity contribution < 1.29 is 14.3 Å². The van der Waals surface area contributed by atoms with Crippen LogP contribution >= 0.6 is 0 Å². The molecule has 1 aromatic rings. The Kier molecular flexibility index (Phi) is 1.71. The summed E-state index contributed by atoms with van der Waals surface area (Å²) in [5.41, 5.74) is 1.03. The summed E-state index contributed by atoms with van der Waals surface area (Å²) in [5.74, 6) is 1.50. The van der Waals surface area contributed by atoms with E-state index in [0.29, 0.717) is 6.54 Å². The first-order chi connectivity index (χ1) is 7.33. The zero-order valence-electron chi connectivity index (χ0n) is 7.95. The molecule has 2 aliphatic rings. The smallest absolute Gasteiger partial charge is 0.315 e. The molecule has 1 aromatic carbocycles. The molecule has 1 unspecified atom stereocenters. The lowest BCUT2D eigenvalue weighted by atomic mass is 10.1. The van der Waals surface area contributed by atoms with Gasteiger partial charge in [-0.2, -0.15) is 0 Å². The molecule has 0 saturated carbocycles. The second-order valence-electron chi connectivity index (χ2n) is 3.52. The molecule has 2 heterocycles. The van der Waals surface area contributed by atoms with Crippen LogP contribution in [0.5, 0.6) is 11.5 Å². The number of rotatable bonds is 1. The van der Waals surface area contributed by atoms with Crippen molar-refractivity contribution in [1.29, 1.82) is 0 Å². The molecule has 5 nitrogen and oxygen atoms in total. The van der Waals surface area contributed by atoms with Gasteiger partial charge in [-0.05, 0) is 17.7 Å². The van der Waals surface area contributed by atoms with E-state index in [2.05, 4.69) is 10.6 Å². The number of benzene rings is 1. The summed E-state index contributed by atoms with van der Waals surface area (Å²) in [5, 5.41) is 5.53. The highest BCUT2D eigenvalue weighted by Gasteiger charge is 2.23. The highest BCUT2D eigenvalue weighted by Crippen LogP contribution is 2.34. The predicted molar refractivity (Wildman–Crippen MR) is 51.8 cm³/mol. The Morgan fingerprint density at radius 1 is 1.27 bits per heavy atom. The summed E-state index contributed by atoms with van der Waals surface area (Å²) in [6.45, 7) is 0.881. The molecule has 1 fully saturated rings. The van der Waals surface area contributed by atoms with E-state index in [4.69, 9.17) is 9.47 Å². The fourth-order valence-electron chi connectivity index (χ4n) is 1.79. The molecule has 1 atom stereocenters. The molecule has 0 spiro atoms. The van der Waals surface area contributed by atoms with Crippen LogP contribution in [0.3, 0.4) is 0 Å². The minimum absolute atomic E-state index is 0.0204. The number of hydrogen-bond acceptors (Lipinski definition) is 3.